The van der Waals surface area contributed by atoms with Crippen LogP contribution in [0.5, 0.6) is 0 Å². The van der Waals surface area contributed by atoms with Crippen molar-refractivity contribution in [1.29, 1.82) is 0 Å². The number of halogens is 2. The lowest BCUT2D eigenvalue weighted by molar-refractivity contribution is 0.429. The molecule has 0 aromatic carbocycles. The van der Waals surface area contributed by atoms with Crippen molar-refractivity contribution in [2.24, 2.45) is 0 Å². The second-order valence-corrected chi connectivity index (χ2v) is 4.63. The van der Waals surface area contributed by atoms with Gasteiger partial charge in [-0.05, 0) is 19.4 Å². The number of nitrogens with one attached hydrogen (secondary N) is 1. The highest BCUT2D eigenvalue weighted by Crippen LogP contribution is 2.17. The fraction of sp³-hybridized carbons (Fsp3) is 0.600. The quantitative estimate of drug-likeness (QED) is 0.671. The van der Waals surface area contributed by atoms with E-state index in [0.29, 0.717) is 11.2 Å². The maximum absolute atomic E-state index is 12.5. The lowest BCUT2D eigenvalue weighted by atomic mass is 10.1. The van der Waals surface area contributed by atoms with Crippen molar-refractivity contribution in [3.8, 4) is 0 Å². The molecular formula is C10H15ClFN3S. The van der Waals surface area contributed by atoms with Crippen molar-refractivity contribution in [2.45, 2.75) is 30.5 Å². The van der Waals surface area contributed by atoms with Crippen molar-refractivity contribution in [3.05, 3.63) is 18.2 Å². The molecule has 1 fully saturated rings. The van der Waals surface area contributed by atoms with Gasteiger partial charge in [0.1, 0.15) is 0 Å². The molecule has 1 aliphatic heterocycles. The SMILES string of the molecule is Cl.Fc1cnc(SCC2CCCCN2)nc1. The summed E-state index contributed by atoms with van der Waals surface area (Å²) in [6, 6.07) is 0.553. The first-order valence-electron chi connectivity index (χ1n) is 5.18. The van der Waals surface area contributed by atoms with E-state index in [0.717, 1.165) is 12.3 Å². The molecule has 0 spiro atoms. The van der Waals surface area contributed by atoms with Crippen molar-refractivity contribution in [3.63, 3.8) is 0 Å². The van der Waals surface area contributed by atoms with Gasteiger partial charge in [0, 0.05) is 11.8 Å². The molecule has 1 N–H and O–H groups in total. The zero-order valence-electron chi connectivity index (χ0n) is 8.86. The van der Waals surface area contributed by atoms with E-state index in [2.05, 4.69) is 15.3 Å². The van der Waals surface area contributed by atoms with Crippen LogP contribution in [0.3, 0.4) is 0 Å². The monoisotopic (exact) mass is 263 g/mol. The van der Waals surface area contributed by atoms with Crippen molar-refractivity contribution in [2.75, 3.05) is 12.3 Å². The van der Waals surface area contributed by atoms with Crippen LogP contribution in [0.15, 0.2) is 17.6 Å². The van der Waals surface area contributed by atoms with Gasteiger partial charge in [-0.25, -0.2) is 14.4 Å². The molecule has 1 aromatic rings. The number of thioether (sulfide) groups is 1. The molecule has 3 nitrogen and oxygen atoms in total. The van der Waals surface area contributed by atoms with Gasteiger partial charge in [-0.15, -0.1) is 12.4 Å². The first kappa shape index (κ1) is 13.7. The van der Waals surface area contributed by atoms with E-state index in [1.54, 1.807) is 11.8 Å². The molecule has 6 heteroatoms. The summed E-state index contributed by atoms with van der Waals surface area (Å²) < 4.78 is 12.5. The molecule has 2 rings (SSSR count). The summed E-state index contributed by atoms with van der Waals surface area (Å²) in [5, 5.41) is 4.11. The Kier molecular flexibility index (Phi) is 6.01. The molecular weight excluding hydrogens is 249 g/mol. The molecule has 1 aromatic heterocycles. The molecule has 0 aliphatic carbocycles. The third-order valence-electron chi connectivity index (χ3n) is 2.42. The van der Waals surface area contributed by atoms with Gasteiger partial charge >= 0.3 is 0 Å². The first-order valence-corrected chi connectivity index (χ1v) is 6.17. The molecule has 1 unspecified atom stereocenters. The number of nitrogens with zero attached hydrogens (tertiary/aromatic N) is 2. The Labute approximate surface area is 105 Å². The highest BCUT2D eigenvalue weighted by molar-refractivity contribution is 7.99. The van der Waals surface area contributed by atoms with E-state index < -0.39 is 0 Å². The third kappa shape index (κ3) is 4.23. The molecule has 90 valence electrons. The molecule has 0 amide bonds. The second-order valence-electron chi connectivity index (χ2n) is 3.64. The van der Waals surface area contributed by atoms with E-state index in [4.69, 9.17) is 0 Å². The van der Waals surface area contributed by atoms with E-state index >= 15 is 0 Å². The van der Waals surface area contributed by atoms with Gasteiger partial charge in [0.05, 0.1) is 12.4 Å². The van der Waals surface area contributed by atoms with E-state index in [1.807, 2.05) is 0 Å². The van der Waals surface area contributed by atoms with Crippen LogP contribution in [0.1, 0.15) is 19.3 Å². The van der Waals surface area contributed by atoms with Gasteiger partial charge in [-0.3, -0.25) is 0 Å². The van der Waals surface area contributed by atoms with Crippen LogP contribution >= 0.6 is 24.2 Å². The van der Waals surface area contributed by atoms with Crippen LogP contribution < -0.4 is 5.32 Å². The zero-order chi connectivity index (χ0) is 10.5. The topological polar surface area (TPSA) is 37.8 Å². The van der Waals surface area contributed by atoms with E-state index in [9.17, 15) is 4.39 Å². The van der Waals surface area contributed by atoms with Crippen LogP contribution in [-0.2, 0) is 0 Å². The maximum atomic E-state index is 12.5. The third-order valence-corrected chi connectivity index (χ3v) is 3.46. The zero-order valence-corrected chi connectivity index (χ0v) is 10.5. The van der Waals surface area contributed by atoms with Gasteiger partial charge in [0.25, 0.3) is 0 Å². The molecule has 2 heterocycles. The van der Waals surface area contributed by atoms with Crippen LogP contribution in [0.2, 0.25) is 0 Å². The average molecular weight is 264 g/mol. The molecule has 0 saturated carbocycles. The highest BCUT2D eigenvalue weighted by Gasteiger charge is 2.13. The fourth-order valence-corrected chi connectivity index (χ4v) is 2.51. The standard InChI is InChI=1S/C10H14FN3S.ClH/c11-8-5-13-10(14-6-8)15-7-9-3-1-2-4-12-9;/h5-6,9,12H,1-4,7H2;1H. The number of rotatable bonds is 3. The lowest BCUT2D eigenvalue weighted by Crippen LogP contribution is -2.35. The fourth-order valence-electron chi connectivity index (χ4n) is 1.62. The van der Waals surface area contributed by atoms with E-state index in [-0.39, 0.29) is 18.2 Å². The Morgan fingerprint density at radius 1 is 1.38 bits per heavy atom. The van der Waals surface area contributed by atoms with E-state index in [1.165, 1.54) is 31.7 Å². The molecule has 1 atom stereocenters. The summed E-state index contributed by atoms with van der Waals surface area (Å²) in [6.45, 7) is 1.11. The number of piperidine rings is 1. The highest BCUT2D eigenvalue weighted by atomic mass is 35.5. The molecule has 1 saturated heterocycles. The lowest BCUT2D eigenvalue weighted by Gasteiger charge is -2.22. The van der Waals surface area contributed by atoms with Gasteiger partial charge in [0.15, 0.2) is 11.0 Å². The largest absolute Gasteiger partial charge is 0.313 e. The average Bonchev–Trinajstić information content (AvgIpc) is 2.30. The Hall–Kier alpha value is -0.390. The minimum atomic E-state index is -0.379. The summed E-state index contributed by atoms with van der Waals surface area (Å²) in [5.41, 5.74) is 0. The number of hydrogen-bond donors (Lipinski definition) is 1. The Balaban J connectivity index is 0.00000128. The van der Waals surface area contributed by atoms with Gasteiger partial charge < -0.3 is 5.32 Å². The Bertz CT molecular complexity index is 303. The van der Waals surface area contributed by atoms with Crippen molar-refractivity contribution >= 4 is 24.2 Å². The summed E-state index contributed by atoms with van der Waals surface area (Å²) in [4.78, 5) is 7.82. The second kappa shape index (κ2) is 7.04. The van der Waals surface area contributed by atoms with Crippen LogP contribution in [0, 0.1) is 5.82 Å². The molecule has 1 aliphatic rings. The summed E-state index contributed by atoms with van der Waals surface area (Å²) in [5.74, 6) is 0.584. The Morgan fingerprint density at radius 2 is 2.12 bits per heavy atom. The summed E-state index contributed by atoms with van der Waals surface area (Å²) in [6.07, 6.45) is 6.21. The van der Waals surface area contributed by atoms with Crippen LogP contribution in [-0.4, -0.2) is 28.3 Å². The van der Waals surface area contributed by atoms with Crippen LogP contribution in [0.25, 0.3) is 0 Å². The van der Waals surface area contributed by atoms with Crippen LogP contribution in [0.4, 0.5) is 4.39 Å². The van der Waals surface area contributed by atoms with Gasteiger partial charge in [0.2, 0.25) is 0 Å². The first-order chi connectivity index (χ1) is 7.34. The number of aromatic nitrogens is 2. The minimum Gasteiger partial charge on any atom is -0.313 e. The van der Waals surface area contributed by atoms with Crippen molar-refractivity contribution < 1.29 is 4.39 Å². The van der Waals surface area contributed by atoms with Gasteiger partial charge in [-0.2, -0.15) is 0 Å². The maximum Gasteiger partial charge on any atom is 0.187 e. The number of hydrogen-bond acceptors (Lipinski definition) is 4. The normalized spacial score (nSPS) is 20.2. The predicted molar refractivity (Wildman–Crippen MR) is 65.6 cm³/mol. The Morgan fingerprint density at radius 3 is 2.75 bits per heavy atom. The summed E-state index contributed by atoms with van der Waals surface area (Å²) in [7, 11) is 0. The summed E-state index contributed by atoms with van der Waals surface area (Å²) >= 11 is 1.58. The molecule has 16 heavy (non-hydrogen) atoms. The minimum absolute atomic E-state index is 0. The smallest absolute Gasteiger partial charge is 0.187 e. The van der Waals surface area contributed by atoms with Gasteiger partial charge in [-0.1, -0.05) is 18.2 Å². The molecule has 0 radical (unpaired) electrons. The molecule has 0 bridgehead atoms. The predicted octanol–water partition coefficient (Wildman–Crippen LogP) is 2.27. The van der Waals surface area contributed by atoms with Crippen molar-refractivity contribution in [1.82, 2.24) is 15.3 Å².